The Morgan fingerprint density at radius 3 is 2.59 bits per heavy atom. The Labute approximate surface area is 109 Å². The molecule has 0 atom stereocenters. The van der Waals surface area contributed by atoms with Gasteiger partial charge in [0, 0.05) is 5.02 Å². The zero-order valence-electron chi connectivity index (χ0n) is 9.41. The van der Waals surface area contributed by atoms with Crippen molar-refractivity contribution < 1.29 is 9.15 Å². The normalized spacial score (nSPS) is 10.5. The third-order valence-corrected chi connectivity index (χ3v) is 3.03. The number of halogens is 1. The van der Waals surface area contributed by atoms with Crippen molar-refractivity contribution in [3.63, 3.8) is 0 Å². The van der Waals surface area contributed by atoms with Crippen molar-refractivity contribution in [2.45, 2.75) is 20.5 Å². The number of ether oxygens (including phenoxy) is 1. The summed E-state index contributed by atoms with van der Waals surface area (Å²) in [5, 5.41) is 7.14. The first-order valence-electron chi connectivity index (χ1n) is 5.00. The summed E-state index contributed by atoms with van der Waals surface area (Å²) in [4.78, 5) is 0.243. The summed E-state index contributed by atoms with van der Waals surface area (Å²) < 4.78 is 10.6. The smallest absolute Gasteiger partial charge is 0.284 e. The summed E-state index contributed by atoms with van der Waals surface area (Å²) in [6.45, 7) is 4.10. The molecule has 0 aliphatic heterocycles. The minimum absolute atomic E-state index is 0.230. The van der Waals surface area contributed by atoms with Gasteiger partial charge < -0.3 is 9.15 Å². The van der Waals surface area contributed by atoms with Crippen LogP contribution in [0, 0.1) is 18.7 Å². The highest BCUT2D eigenvalue weighted by Crippen LogP contribution is 2.26. The molecule has 0 fully saturated rings. The highest BCUT2D eigenvalue weighted by atomic mass is 35.5. The minimum Gasteiger partial charge on any atom is -0.484 e. The van der Waals surface area contributed by atoms with Gasteiger partial charge in [-0.25, -0.2) is 5.10 Å². The van der Waals surface area contributed by atoms with Gasteiger partial charge in [0.15, 0.2) is 6.61 Å². The maximum atomic E-state index is 6.06. The molecule has 0 saturated carbocycles. The number of benzene rings is 1. The van der Waals surface area contributed by atoms with Crippen LogP contribution in [0.4, 0.5) is 0 Å². The van der Waals surface area contributed by atoms with E-state index in [1.54, 1.807) is 0 Å². The van der Waals surface area contributed by atoms with Gasteiger partial charge in [-0.15, -0.1) is 5.10 Å². The fourth-order valence-corrected chi connectivity index (χ4v) is 1.71. The van der Waals surface area contributed by atoms with Gasteiger partial charge in [0.05, 0.1) is 0 Å². The molecule has 0 spiro atoms. The maximum absolute atomic E-state index is 6.06. The molecule has 0 aliphatic carbocycles. The second kappa shape index (κ2) is 4.89. The van der Waals surface area contributed by atoms with Crippen LogP contribution in [-0.4, -0.2) is 10.2 Å². The van der Waals surface area contributed by atoms with E-state index < -0.39 is 0 Å². The third-order valence-electron chi connectivity index (χ3n) is 2.25. The van der Waals surface area contributed by atoms with Gasteiger partial charge in [-0.2, -0.15) is 0 Å². The number of rotatable bonds is 3. The molecule has 0 bridgehead atoms. The van der Waals surface area contributed by atoms with Crippen molar-refractivity contribution in [2.75, 3.05) is 0 Å². The van der Waals surface area contributed by atoms with Gasteiger partial charge in [-0.3, -0.25) is 0 Å². The number of hydrogen-bond acceptors (Lipinski definition) is 4. The predicted molar refractivity (Wildman–Crippen MR) is 66.9 cm³/mol. The maximum Gasteiger partial charge on any atom is 0.284 e. The molecule has 0 amide bonds. The van der Waals surface area contributed by atoms with Gasteiger partial charge >= 0.3 is 0 Å². The molecule has 1 aromatic heterocycles. The highest BCUT2D eigenvalue weighted by Gasteiger charge is 2.05. The van der Waals surface area contributed by atoms with Crippen LogP contribution in [0.1, 0.15) is 17.0 Å². The molecule has 17 heavy (non-hydrogen) atoms. The van der Waals surface area contributed by atoms with Crippen molar-refractivity contribution in [2.24, 2.45) is 0 Å². The van der Waals surface area contributed by atoms with Crippen LogP contribution in [0.2, 0.25) is 5.02 Å². The fraction of sp³-hybridized carbons (Fsp3) is 0.273. The lowest BCUT2D eigenvalue weighted by Gasteiger charge is -2.08. The Balaban J connectivity index is 2.12. The van der Waals surface area contributed by atoms with Crippen LogP contribution >= 0.6 is 23.8 Å². The average molecular weight is 271 g/mol. The zero-order valence-corrected chi connectivity index (χ0v) is 11.0. The molecular weight excluding hydrogens is 260 g/mol. The van der Waals surface area contributed by atoms with Crippen LogP contribution in [0.15, 0.2) is 16.5 Å². The van der Waals surface area contributed by atoms with Crippen LogP contribution in [0.25, 0.3) is 0 Å². The van der Waals surface area contributed by atoms with Gasteiger partial charge in [0.2, 0.25) is 0 Å². The molecule has 2 rings (SSSR count). The summed E-state index contributed by atoms with van der Waals surface area (Å²) in [6.07, 6.45) is 0. The van der Waals surface area contributed by atoms with E-state index in [0.29, 0.717) is 5.89 Å². The molecule has 6 heteroatoms. The van der Waals surface area contributed by atoms with E-state index in [-0.39, 0.29) is 11.4 Å². The Hall–Kier alpha value is -1.33. The van der Waals surface area contributed by atoms with Crippen molar-refractivity contribution in [3.05, 3.63) is 39.0 Å². The minimum atomic E-state index is 0.230. The Bertz CT molecular complexity index is 568. The predicted octanol–water partition coefficient (Wildman–Crippen LogP) is 3.58. The molecular formula is C11H11ClN2O2S. The first kappa shape index (κ1) is 12.1. The highest BCUT2D eigenvalue weighted by molar-refractivity contribution is 7.71. The first-order chi connectivity index (χ1) is 8.06. The third kappa shape index (κ3) is 2.87. The number of H-pyrrole nitrogens is 1. The van der Waals surface area contributed by atoms with Gasteiger partial charge in [-0.1, -0.05) is 11.6 Å². The molecule has 0 radical (unpaired) electrons. The largest absolute Gasteiger partial charge is 0.484 e. The number of aryl methyl sites for hydroxylation is 2. The van der Waals surface area contributed by atoms with E-state index in [1.165, 1.54) is 0 Å². The van der Waals surface area contributed by atoms with E-state index in [4.69, 9.17) is 33.0 Å². The molecule has 0 unspecified atom stereocenters. The molecule has 90 valence electrons. The lowest BCUT2D eigenvalue weighted by Crippen LogP contribution is -1.97. The van der Waals surface area contributed by atoms with E-state index in [2.05, 4.69) is 10.2 Å². The van der Waals surface area contributed by atoms with Crippen molar-refractivity contribution in [1.82, 2.24) is 10.2 Å². The van der Waals surface area contributed by atoms with E-state index in [1.807, 2.05) is 26.0 Å². The Morgan fingerprint density at radius 2 is 2.06 bits per heavy atom. The van der Waals surface area contributed by atoms with Crippen LogP contribution in [-0.2, 0) is 6.61 Å². The molecule has 1 heterocycles. The summed E-state index contributed by atoms with van der Waals surface area (Å²) in [5.74, 6) is 1.15. The topological polar surface area (TPSA) is 51.0 Å². The number of aromatic nitrogens is 2. The van der Waals surface area contributed by atoms with Gasteiger partial charge in [0.25, 0.3) is 10.7 Å². The molecule has 4 nitrogen and oxygen atoms in total. The quantitative estimate of drug-likeness (QED) is 0.866. The second-order valence-electron chi connectivity index (χ2n) is 3.67. The lowest BCUT2D eigenvalue weighted by atomic mass is 10.1. The number of hydrogen-bond donors (Lipinski definition) is 1. The number of nitrogens with one attached hydrogen (secondary N) is 1. The average Bonchev–Trinajstić information content (AvgIpc) is 2.69. The summed E-state index contributed by atoms with van der Waals surface area (Å²) in [5.41, 5.74) is 1.95. The van der Waals surface area contributed by atoms with Gasteiger partial charge in [0.1, 0.15) is 5.75 Å². The lowest BCUT2D eigenvalue weighted by molar-refractivity contribution is 0.261. The van der Waals surface area contributed by atoms with Crippen LogP contribution in [0.3, 0.4) is 0 Å². The zero-order chi connectivity index (χ0) is 12.4. The summed E-state index contributed by atoms with van der Waals surface area (Å²) >= 11 is 10.8. The first-order valence-corrected chi connectivity index (χ1v) is 5.79. The monoisotopic (exact) mass is 270 g/mol. The second-order valence-corrected chi connectivity index (χ2v) is 4.42. The summed E-state index contributed by atoms with van der Waals surface area (Å²) in [6, 6.07) is 3.74. The number of aromatic amines is 1. The van der Waals surface area contributed by atoms with E-state index >= 15 is 0 Å². The Kier molecular flexibility index (Phi) is 3.49. The van der Waals surface area contributed by atoms with Crippen LogP contribution < -0.4 is 4.74 Å². The standard InChI is InChI=1S/C11H11ClN2O2S/c1-6-3-8(4-7(2)10(6)12)15-5-9-13-14-11(17)16-9/h3-4H,5H2,1-2H3,(H,14,17). The summed E-state index contributed by atoms with van der Waals surface area (Å²) in [7, 11) is 0. The van der Waals surface area contributed by atoms with Crippen molar-refractivity contribution in [1.29, 1.82) is 0 Å². The van der Waals surface area contributed by atoms with Gasteiger partial charge in [-0.05, 0) is 49.3 Å². The SMILES string of the molecule is Cc1cc(OCc2n[nH]c(=S)o2)cc(C)c1Cl. The molecule has 0 aliphatic rings. The van der Waals surface area contributed by atoms with Crippen molar-refractivity contribution in [3.8, 4) is 5.75 Å². The van der Waals surface area contributed by atoms with Crippen molar-refractivity contribution >= 4 is 23.8 Å². The molecule has 2 aromatic rings. The molecule has 0 saturated heterocycles. The Morgan fingerprint density at radius 1 is 1.41 bits per heavy atom. The molecule has 1 aromatic carbocycles. The number of nitrogens with zero attached hydrogens (tertiary/aromatic N) is 1. The van der Waals surface area contributed by atoms with Crippen LogP contribution in [0.5, 0.6) is 5.75 Å². The fourth-order valence-electron chi connectivity index (χ4n) is 1.46. The molecule has 1 N–H and O–H groups in total. The van der Waals surface area contributed by atoms with E-state index in [0.717, 1.165) is 21.9 Å². The van der Waals surface area contributed by atoms with E-state index in [9.17, 15) is 0 Å².